The van der Waals surface area contributed by atoms with Crippen LogP contribution in [0.15, 0.2) is 24.3 Å². The zero-order chi connectivity index (χ0) is 12.1. The molecule has 0 radical (unpaired) electrons. The molecule has 17 heavy (non-hydrogen) atoms. The highest BCUT2D eigenvalue weighted by atomic mass is 16.5. The van der Waals surface area contributed by atoms with Crippen molar-refractivity contribution in [1.29, 1.82) is 0 Å². The average molecular weight is 234 g/mol. The highest BCUT2D eigenvalue weighted by Crippen LogP contribution is 2.17. The second kappa shape index (κ2) is 5.68. The Morgan fingerprint density at radius 3 is 2.35 bits per heavy atom. The van der Waals surface area contributed by atoms with E-state index in [1.165, 1.54) is 6.92 Å². The van der Waals surface area contributed by atoms with Gasteiger partial charge >= 0.3 is 0 Å². The van der Waals surface area contributed by atoms with Crippen molar-refractivity contribution in [2.45, 2.75) is 25.8 Å². The lowest BCUT2D eigenvalue weighted by molar-refractivity contribution is -0.114. The third-order valence-electron chi connectivity index (χ3n) is 2.80. The van der Waals surface area contributed by atoms with Crippen LogP contribution in [0.2, 0.25) is 0 Å². The minimum atomic E-state index is -0.0462. The standard InChI is InChI=1S/C13H18N2O2/c1-10(16)14-11-2-4-12(5-3-11)15-13-6-8-17-9-7-13/h2-5,13,15H,6-9H2,1H3,(H,14,16). The number of hydrogen-bond acceptors (Lipinski definition) is 3. The number of anilines is 2. The summed E-state index contributed by atoms with van der Waals surface area (Å²) in [5.74, 6) is -0.0462. The van der Waals surface area contributed by atoms with E-state index >= 15 is 0 Å². The first-order chi connectivity index (χ1) is 8.24. The lowest BCUT2D eigenvalue weighted by Crippen LogP contribution is -2.27. The molecular weight excluding hydrogens is 216 g/mol. The largest absolute Gasteiger partial charge is 0.382 e. The molecule has 4 heteroatoms. The van der Waals surface area contributed by atoms with Gasteiger partial charge in [-0.15, -0.1) is 0 Å². The van der Waals surface area contributed by atoms with E-state index in [1.807, 2.05) is 24.3 Å². The summed E-state index contributed by atoms with van der Waals surface area (Å²) in [6, 6.07) is 8.28. The van der Waals surface area contributed by atoms with Crippen molar-refractivity contribution in [2.24, 2.45) is 0 Å². The van der Waals surface area contributed by atoms with Crippen LogP contribution < -0.4 is 10.6 Å². The topological polar surface area (TPSA) is 50.4 Å². The van der Waals surface area contributed by atoms with E-state index in [1.54, 1.807) is 0 Å². The van der Waals surface area contributed by atoms with Gasteiger partial charge in [-0.1, -0.05) is 0 Å². The summed E-state index contributed by atoms with van der Waals surface area (Å²) >= 11 is 0. The van der Waals surface area contributed by atoms with E-state index < -0.39 is 0 Å². The number of ether oxygens (including phenoxy) is 1. The zero-order valence-corrected chi connectivity index (χ0v) is 10.0. The maximum Gasteiger partial charge on any atom is 0.221 e. The van der Waals surface area contributed by atoms with Crippen LogP contribution in [0.25, 0.3) is 0 Å². The summed E-state index contributed by atoms with van der Waals surface area (Å²) in [6.07, 6.45) is 2.10. The third-order valence-corrected chi connectivity index (χ3v) is 2.80. The number of carbonyl (C=O) groups is 1. The maximum atomic E-state index is 10.9. The van der Waals surface area contributed by atoms with Gasteiger partial charge in [0.25, 0.3) is 0 Å². The van der Waals surface area contributed by atoms with Crippen LogP contribution in [0, 0.1) is 0 Å². The summed E-state index contributed by atoms with van der Waals surface area (Å²) in [7, 11) is 0. The predicted octanol–water partition coefficient (Wildman–Crippen LogP) is 2.24. The van der Waals surface area contributed by atoms with Gasteiger partial charge in [0, 0.05) is 37.6 Å². The minimum absolute atomic E-state index is 0.0462. The lowest BCUT2D eigenvalue weighted by atomic mass is 10.1. The van der Waals surface area contributed by atoms with Gasteiger partial charge in [0.15, 0.2) is 0 Å². The van der Waals surface area contributed by atoms with Crippen LogP contribution >= 0.6 is 0 Å². The van der Waals surface area contributed by atoms with Crippen molar-refractivity contribution in [1.82, 2.24) is 0 Å². The molecule has 1 saturated heterocycles. The average Bonchev–Trinajstić information content (AvgIpc) is 2.32. The summed E-state index contributed by atoms with van der Waals surface area (Å²) in [4.78, 5) is 10.9. The minimum Gasteiger partial charge on any atom is -0.382 e. The van der Waals surface area contributed by atoms with Crippen molar-refractivity contribution in [3.8, 4) is 0 Å². The second-order valence-corrected chi connectivity index (χ2v) is 4.29. The van der Waals surface area contributed by atoms with Crippen LogP contribution in [0.1, 0.15) is 19.8 Å². The van der Waals surface area contributed by atoms with Gasteiger partial charge in [0.2, 0.25) is 5.91 Å². The molecule has 1 aliphatic heterocycles. The molecule has 1 fully saturated rings. The summed E-state index contributed by atoms with van der Waals surface area (Å²) in [6.45, 7) is 3.18. The van der Waals surface area contributed by atoms with E-state index in [4.69, 9.17) is 4.74 Å². The number of hydrogen-bond donors (Lipinski definition) is 2. The number of nitrogens with one attached hydrogen (secondary N) is 2. The van der Waals surface area contributed by atoms with Gasteiger partial charge in [0.1, 0.15) is 0 Å². The fourth-order valence-corrected chi connectivity index (χ4v) is 1.93. The number of rotatable bonds is 3. The molecule has 1 heterocycles. The lowest BCUT2D eigenvalue weighted by Gasteiger charge is -2.24. The quantitative estimate of drug-likeness (QED) is 0.843. The normalized spacial score (nSPS) is 16.5. The van der Waals surface area contributed by atoms with Gasteiger partial charge in [-0.3, -0.25) is 4.79 Å². The Balaban J connectivity index is 1.90. The van der Waals surface area contributed by atoms with Crippen molar-refractivity contribution >= 4 is 17.3 Å². The predicted molar refractivity (Wildman–Crippen MR) is 68.2 cm³/mol. The fourth-order valence-electron chi connectivity index (χ4n) is 1.93. The Morgan fingerprint density at radius 1 is 1.18 bits per heavy atom. The van der Waals surface area contributed by atoms with E-state index in [2.05, 4.69) is 10.6 Å². The molecule has 0 spiro atoms. The number of amides is 1. The molecule has 2 N–H and O–H groups in total. The molecule has 92 valence electrons. The first kappa shape index (κ1) is 11.9. The Hall–Kier alpha value is -1.55. The molecule has 1 aliphatic rings. The van der Waals surface area contributed by atoms with Crippen LogP contribution in [0.3, 0.4) is 0 Å². The highest BCUT2D eigenvalue weighted by molar-refractivity contribution is 5.88. The molecule has 4 nitrogen and oxygen atoms in total. The van der Waals surface area contributed by atoms with E-state index in [-0.39, 0.29) is 5.91 Å². The summed E-state index contributed by atoms with van der Waals surface area (Å²) in [5.41, 5.74) is 1.92. The van der Waals surface area contributed by atoms with Crippen molar-refractivity contribution in [3.63, 3.8) is 0 Å². The monoisotopic (exact) mass is 234 g/mol. The Labute approximate surface area is 101 Å². The van der Waals surface area contributed by atoms with Gasteiger partial charge < -0.3 is 15.4 Å². The fraction of sp³-hybridized carbons (Fsp3) is 0.462. The van der Waals surface area contributed by atoms with E-state index in [0.29, 0.717) is 6.04 Å². The van der Waals surface area contributed by atoms with Crippen LogP contribution in [-0.2, 0) is 9.53 Å². The van der Waals surface area contributed by atoms with Gasteiger partial charge in [-0.2, -0.15) is 0 Å². The first-order valence-corrected chi connectivity index (χ1v) is 5.96. The smallest absolute Gasteiger partial charge is 0.221 e. The Kier molecular flexibility index (Phi) is 3.98. The number of carbonyl (C=O) groups excluding carboxylic acids is 1. The van der Waals surface area contributed by atoms with Crippen molar-refractivity contribution in [2.75, 3.05) is 23.8 Å². The van der Waals surface area contributed by atoms with Gasteiger partial charge in [0.05, 0.1) is 0 Å². The molecule has 0 atom stereocenters. The van der Waals surface area contributed by atoms with Crippen LogP contribution in [0.5, 0.6) is 0 Å². The molecule has 2 rings (SSSR count). The van der Waals surface area contributed by atoms with E-state index in [9.17, 15) is 4.79 Å². The third kappa shape index (κ3) is 3.75. The molecule has 0 unspecified atom stereocenters. The molecule has 0 saturated carbocycles. The summed E-state index contributed by atoms with van der Waals surface area (Å²) in [5, 5.41) is 6.22. The highest BCUT2D eigenvalue weighted by Gasteiger charge is 2.12. The first-order valence-electron chi connectivity index (χ1n) is 5.96. The molecule has 0 aromatic heterocycles. The van der Waals surface area contributed by atoms with Crippen LogP contribution in [-0.4, -0.2) is 25.2 Å². The van der Waals surface area contributed by atoms with Crippen LogP contribution in [0.4, 0.5) is 11.4 Å². The molecule has 1 aromatic rings. The Morgan fingerprint density at radius 2 is 1.76 bits per heavy atom. The van der Waals surface area contributed by atoms with E-state index in [0.717, 1.165) is 37.4 Å². The van der Waals surface area contributed by atoms with Gasteiger partial charge in [-0.05, 0) is 37.1 Å². The van der Waals surface area contributed by atoms with Crippen molar-refractivity contribution < 1.29 is 9.53 Å². The second-order valence-electron chi connectivity index (χ2n) is 4.29. The SMILES string of the molecule is CC(=O)Nc1ccc(NC2CCOCC2)cc1. The maximum absolute atomic E-state index is 10.9. The molecule has 0 bridgehead atoms. The summed E-state index contributed by atoms with van der Waals surface area (Å²) < 4.78 is 5.31. The molecule has 1 aromatic carbocycles. The zero-order valence-electron chi connectivity index (χ0n) is 10.0. The number of benzene rings is 1. The van der Waals surface area contributed by atoms with Crippen molar-refractivity contribution in [3.05, 3.63) is 24.3 Å². The van der Waals surface area contributed by atoms with Gasteiger partial charge in [-0.25, -0.2) is 0 Å². The molecule has 1 amide bonds. The molecular formula is C13H18N2O2. The Bertz CT molecular complexity index is 370. The molecule has 0 aliphatic carbocycles.